The van der Waals surface area contributed by atoms with E-state index in [1.165, 1.54) is 4.90 Å². The molecule has 2 heterocycles. The summed E-state index contributed by atoms with van der Waals surface area (Å²) < 4.78 is 41.1. The zero-order valence-corrected chi connectivity index (χ0v) is 19.1. The van der Waals surface area contributed by atoms with Crippen molar-refractivity contribution in [2.24, 2.45) is 11.8 Å². The number of carbonyl (C=O) groups excluding carboxylic acids is 4. The number of aliphatic hydroxyl groups excluding tert-OH is 1. The topological polar surface area (TPSA) is 125 Å². The van der Waals surface area contributed by atoms with Gasteiger partial charge in [0.1, 0.15) is 18.8 Å². The summed E-state index contributed by atoms with van der Waals surface area (Å²) in [5.74, 6) is -3.14. The van der Waals surface area contributed by atoms with E-state index in [1.54, 1.807) is 6.92 Å². The number of rotatable bonds is 9. The maximum atomic E-state index is 13.3. The van der Waals surface area contributed by atoms with Crippen LogP contribution in [0.4, 0.5) is 13.2 Å². The number of alkyl halides is 3. The summed E-state index contributed by atoms with van der Waals surface area (Å²) in [6.45, 7) is 0.727. The van der Waals surface area contributed by atoms with Gasteiger partial charge in [-0.25, -0.2) is 0 Å². The molecule has 192 valence electrons. The standard InChI is InChI=1S/C22H32F3N3O6/c1-2-17(29)21(33)28-15-6-4-3-5-12(15)10-16(28)20(32)27-14(9-13-7-8-26-19(13)31)18(30)11-34-22(23,24)25/h12-17,29H,2-11H2,1H3,(H,26,31)(H,27,32). The molecule has 2 aliphatic heterocycles. The Morgan fingerprint density at radius 2 is 1.94 bits per heavy atom. The number of ether oxygens (including phenoxy) is 1. The van der Waals surface area contributed by atoms with E-state index in [1.807, 2.05) is 0 Å². The van der Waals surface area contributed by atoms with E-state index in [2.05, 4.69) is 15.4 Å². The first-order valence-corrected chi connectivity index (χ1v) is 11.8. The fourth-order valence-electron chi connectivity index (χ4n) is 5.30. The number of carbonyl (C=O) groups is 4. The van der Waals surface area contributed by atoms with Crippen LogP contribution >= 0.6 is 0 Å². The maximum absolute atomic E-state index is 13.3. The van der Waals surface area contributed by atoms with Crippen molar-refractivity contribution < 1.29 is 42.2 Å². The Morgan fingerprint density at radius 1 is 1.24 bits per heavy atom. The van der Waals surface area contributed by atoms with Gasteiger partial charge in [0, 0.05) is 18.5 Å². The Kier molecular flexibility index (Phi) is 8.56. The van der Waals surface area contributed by atoms with Crippen LogP contribution in [0.15, 0.2) is 0 Å². The summed E-state index contributed by atoms with van der Waals surface area (Å²) in [7, 11) is 0. The number of nitrogens with one attached hydrogen (secondary N) is 2. The molecule has 0 bridgehead atoms. The molecule has 0 aromatic carbocycles. The third kappa shape index (κ3) is 6.26. The molecule has 6 unspecified atom stereocenters. The van der Waals surface area contributed by atoms with Crippen molar-refractivity contribution in [1.82, 2.24) is 15.5 Å². The van der Waals surface area contributed by atoms with E-state index >= 15 is 0 Å². The Labute approximate surface area is 195 Å². The van der Waals surface area contributed by atoms with Crippen LogP contribution in [0.3, 0.4) is 0 Å². The largest absolute Gasteiger partial charge is 0.522 e. The minimum atomic E-state index is -5.02. The van der Waals surface area contributed by atoms with Gasteiger partial charge in [0.25, 0.3) is 5.91 Å². The van der Waals surface area contributed by atoms with Crippen LogP contribution in [0.5, 0.6) is 0 Å². The molecule has 6 atom stereocenters. The lowest BCUT2D eigenvalue weighted by molar-refractivity contribution is -0.321. The summed E-state index contributed by atoms with van der Waals surface area (Å²) in [5, 5.41) is 15.3. The highest BCUT2D eigenvalue weighted by atomic mass is 19.4. The zero-order valence-electron chi connectivity index (χ0n) is 19.1. The van der Waals surface area contributed by atoms with Crippen LogP contribution in [0.25, 0.3) is 0 Å². The number of halogens is 3. The first-order valence-electron chi connectivity index (χ1n) is 11.8. The van der Waals surface area contributed by atoms with Crippen LogP contribution < -0.4 is 10.6 Å². The minimum Gasteiger partial charge on any atom is -0.383 e. The van der Waals surface area contributed by atoms with Crippen molar-refractivity contribution >= 4 is 23.5 Å². The average molecular weight is 492 g/mol. The number of Topliss-reactive ketones (excluding diaryl/α,β-unsaturated/α-hetero) is 1. The van der Waals surface area contributed by atoms with Gasteiger partial charge in [-0.2, -0.15) is 0 Å². The SMILES string of the molecule is CCC(O)C(=O)N1C(C(=O)NC(CC2CCNC2=O)C(=O)COC(F)(F)F)CC2CCCCC21. The molecular formula is C22H32F3N3O6. The molecule has 2 saturated heterocycles. The van der Waals surface area contributed by atoms with Crippen molar-refractivity contribution in [3.8, 4) is 0 Å². The van der Waals surface area contributed by atoms with E-state index in [-0.39, 0.29) is 30.7 Å². The predicted molar refractivity (Wildman–Crippen MR) is 112 cm³/mol. The number of hydrogen-bond acceptors (Lipinski definition) is 6. The molecule has 12 heteroatoms. The Balaban J connectivity index is 1.77. The predicted octanol–water partition coefficient (Wildman–Crippen LogP) is 1.03. The lowest BCUT2D eigenvalue weighted by atomic mass is 9.84. The highest BCUT2D eigenvalue weighted by Gasteiger charge is 2.49. The molecular weight excluding hydrogens is 459 g/mol. The molecule has 3 amide bonds. The summed E-state index contributed by atoms with van der Waals surface area (Å²) in [6.07, 6.45) is -2.18. The fraction of sp³-hybridized carbons (Fsp3) is 0.818. The summed E-state index contributed by atoms with van der Waals surface area (Å²) in [4.78, 5) is 52.2. The average Bonchev–Trinajstić information content (AvgIpc) is 3.38. The van der Waals surface area contributed by atoms with Crippen LogP contribution in [0.1, 0.15) is 58.3 Å². The number of aliphatic hydroxyl groups is 1. The number of ketones is 1. The molecule has 0 spiro atoms. The van der Waals surface area contributed by atoms with Gasteiger partial charge in [-0.3, -0.25) is 23.9 Å². The quantitative estimate of drug-likeness (QED) is 0.443. The molecule has 3 fully saturated rings. The molecule has 3 rings (SSSR count). The first kappa shape index (κ1) is 26.4. The van der Waals surface area contributed by atoms with Gasteiger partial charge < -0.3 is 20.6 Å². The van der Waals surface area contributed by atoms with Crippen LogP contribution in [0, 0.1) is 11.8 Å². The molecule has 0 radical (unpaired) electrons. The summed E-state index contributed by atoms with van der Waals surface area (Å²) in [5.41, 5.74) is 0. The van der Waals surface area contributed by atoms with Gasteiger partial charge in [-0.1, -0.05) is 19.8 Å². The van der Waals surface area contributed by atoms with Crippen LogP contribution in [0.2, 0.25) is 0 Å². The second-order valence-electron chi connectivity index (χ2n) is 9.31. The molecule has 0 aromatic heterocycles. The normalized spacial score (nSPS) is 28.7. The Hall–Kier alpha value is -2.21. The number of nitrogens with zero attached hydrogens (tertiary/aromatic N) is 1. The highest BCUT2D eigenvalue weighted by molar-refractivity contribution is 5.95. The second-order valence-corrected chi connectivity index (χ2v) is 9.31. The number of likely N-dealkylation sites (tertiary alicyclic amines) is 1. The van der Waals surface area contributed by atoms with Gasteiger partial charge in [0.15, 0.2) is 5.78 Å². The highest BCUT2D eigenvalue weighted by Crippen LogP contribution is 2.40. The molecule has 3 N–H and O–H groups in total. The van der Waals surface area contributed by atoms with Gasteiger partial charge in [0.05, 0.1) is 6.04 Å². The van der Waals surface area contributed by atoms with Gasteiger partial charge in [-0.05, 0) is 44.4 Å². The van der Waals surface area contributed by atoms with Gasteiger partial charge >= 0.3 is 6.36 Å². The van der Waals surface area contributed by atoms with E-state index in [0.29, 0.717) is 25.8 Å². The molecule has 1 saturated carbocycles. The van der Waals surface area contributed by atoms with Crippen LogP contribution in [-0.4, -0.2) is 77.3 Å². The van der Waals surface area contributed by atoms with E-state index in [0.717, 1.165) is 19.3 Å². The molecule has 9 nitrogen and oxygen atoms in total. The van der Waals surface area contributed by atoms with Gasteiger partial charge in [0.2, 0.25) is 11.8 Å². The Morgan fingerprint density at radius 3 is 2.56 bits per heavy atom. The molecule has 0 aromatic rings. The van der Waals surface area contributed by atoms with E-state index in [9.17, 15) is 37.5 Å². The molecule has 1 aliphatic carbocycles. The first-order chi connectivity index (χ1) is 16.0. The molecule has 34 heavy (non-hydrogen) atoms. The van der Waals surface area contributed by atoms with Crippen LogP contribution in [-0.2, 0) is 23.9 Å². The lowest BCUT2D eigenvalue weighted by Gasteiger charge is -2.35. The van der Waals surface area contributed by atoms with Gasteiger partial charge in [-0.15, -0.1) is 13.2 Å². The number of fused-ring (bicyclic) bond motifs is 1. The Bertz CT molecular complexity index is 792. The van der Waals surface area contributed by atoms with Crippen molar-refractivity contribution in [2.75, 3.05) is 13.2 Å². The minimum absolute atomic E-state index is 0.0702. The maximum Gasteiger partial charge on any atom is 0.522 e. The van der Waals surface area contributed by atoms with Crippen molar-refractivity contribution in [1.29, 1.82) is 0 Å². The monoisotopic (exact) mass is 491 g/mol. The summed E-state index contributed by atoms with van der Waals surface area (Å²) >= 11 is 0. The van der Waals surface area contributed by atoms with E-state index in [4.69, 9.17) is 0 Å². The van der Waals surface area contributed by atoms with E-state index < -0.39 is 54.7 Å². The van der Waals surface area contributed by atoms with Crippen molar-refractivity contribution in [3.63, 3.8) is 0 Å². The number of amides is 3. The van der Waals surface area contributed by atoms with Crippen molar-refractivity contribution in [2.45, 2.75) is 88.9 Å². The zero-order chi connectivity index (χ0) is 25.0. The third-order valence-electron chi connectivity index (χ3n) is 7.08. The smallest absolute Gasteiger partial charge is 0.383 e. The summed E-state index contributed by atoms with van der Waals surface area (Å²) in [6, 6.07) is -2.53. The third-order valence-corrected chi connectivity index (χ3v) is 7.08. The number of hydrogen-bond donors (Lipinski definition) is 3. The lowest BCUT2D eigenvalue weighted by Crippen LogP contribution is -2.55. The second kappa shape index (κ2) is 11.0. The fourth-order valence-corrected chi connectivity index (χ4v) is 5.30. The molecule has 3 aliphatic rings. The van der Waals surface area contributed by atoms with Crippen molar-refractivity contribution in [3.05, 3.63) is 0 Å².